The fourth-order valence-electron chi connectivity index (χ4n) is 2.01. The Morgan fingerprint density at radius 1 is 1.29 bits per heavy atom. The van der Waals surface area contributed by atoms with Crippen LogP contribution in [-0.2, 0) is 11.3 Å². The zero-order valence-corrected chi connectivity index (χ0v) is 13.0. The molecule has 0 radical (unpaired) electrons. The molecule has 0 unspecified atom stereocenters. The molecule has 1 aromatic carbocycles. The molecule has 1 aliphatic rings. The van der Waals surface area contributed by atoms with E-state index in [9.17, 15) is 4.79 Å². The monoisotopic (exact) mass is 315 g/mol. The maximum Gasteiger partial charge on any atom is 0.266 e. The number of thioether (sulfide) groups is 1. The van der Waals surface area contributed by atoms with Crippen molar-refractivity contribution in [2.75, 3.05) is 0 Å². The highest BCUT2D eigenvalue weighted by atomic mass is 32.2. The van der Waals surface area contributed by atoms with Gasteiger partial charge in [-0.2, -0.15) is 0 Å². The Labute approximate surface area is 132 Å². The molecule has 5 heteroatoms. The number of carbonyl (C=O) groups is 1. The highest BCUT2D eigenvalue weighted by molar-refractivity contribution is 8.26. The Morgan fingerprint density at radius 3 is 2.71 bits per heavy atom. The van der Waals surface area contributed by atoms with Gasteiger partial charge in [-0.3, -0.25) is 9.69 Å². The first-order chi connectivity index (χ1) is 10.1. The van der Waals surface area contributed by atoms with Gasteiger partial charge in [0.15, 0.2) is 0 Å². The number of nitrogens with zero attached hydrogens (tertiary/aromatic N) is 1. The summed E-state index contributed by atoms with van der Waals surface area (Å²) < 4.78 is 5.84. The topological polar surface area (TPSA) is 33.5 Å². The second kappa shape index (κ2) is 5.87. The molecule has 2 heterocycles. The van der Waals surface area contributed by atoms with E-state index in [-0.39, 0.29) is 5.91 Å². The lowest BCUT2D eigenvalue weighted by molar-refractivity contribution is -0.122. The molecule has 106 valence electrons. The number of hydrogen-bond donors (Lipinski definition) is 0. The van der Waals surface area contributed by atoms with Crippen LogP contribution in [-0.4, -0.2) is 15.1 Å². The summed E-state index contributed by atoms with van der Waals surface area (Å²) in [6.45, 7) is 2.41. The summed E-state index contributed by atoms with van der Waals surface area (Å²) >= 11 is 6.62. The minimum Gasteiger partial charge on any atom is -0.467 e. The summed E-state index contributed by atoms with van der Waals surface area (Å²) in [7, 11) is 0. The molecule has 1 amide bonds. The highest BCUT2D eigenvalue weighted by Gasteiger charge is 2.32. The standard InChI is InChI=1S/C16H13NO2S2/c1-11-4-6-12(7-5-11)9-14-15(18)17(16(20)21-14)10-13-3-2-8-19-13/h2-9H,10H2,1H3/b14-9+. The fraction of sp³-hybridized carbons (Fsp3) is 0.125. The van der Waals surface area contributed by atoms with Crippen molar-refractivity contribution < 1.29 is 9.21 Å². The molecule has 21 heavy (non-hydrogen) atoms. The zero-order chi connectivity index (χ0) is 14.8. The van der Waals surface area contributed by atoms with E-state index < -0.39 is 0 Å². The van der Waals surface area contributed by atoms with Gasteiger partial charge in [0.2, 0.25) is 0 Å². The number of thiocarbonyl (C=S) groups is 1. The lowest BCUT2D eigenvalue weighted by Gasteiger charge is -2.11. The highest BCUT2D eigenvalue weighted by Crippen LogP contribution is 2.33. The van der Waals surface area contributed by atoms with Gasteiger partial charge in [-0.25, -0.2) is 0 Å². The van der Waals surface area contributed by atoms with Gasteiger partial charge in [-0.1, -0.05) is 53.8 Å². The van der Waals surface area contributed by atoms with Crippen molar-refractivity contribution >= 4 is 40.3 Å². The molecule has 0 N–H and O–H groups in total. The van der Waals surface area contributed by atoms with E-state index >= 15 is 0 Å². The van der Waals surface area contributed by atoms with Crippen LogP contribution in [0.15, 0.2) is 52.0 Å². The molecule has 1 fully saturated rings. The Bertz CT molecular complexity index is 702. The van der Waals surface area contributed by atoms with Crippen molar-refractivity contribution in [3.63, 3.8) is 0 Å². The predicted octanol–water partition coefficient (Wildman–Crippen LogP) is 3.99. The normalized spacial score (nSPS) is 17.0. The van der Waals surface area contributed by atoms with Crippen molar-refractivity contribution in [3.8, 4) is 0 Å². The molecule has 0 atom stereocenters. The molecule has 1 aliphatic heterocycles. The molecule has 0 spiro atoms. The first-order valence-electron chi connectivity index (χ1n) is 6.48. The minimum absolute atomic E-state index is 0.0676. The lowest BCUT2D eigenvalue weighted by atomic mass is 10.1. The number of amides is 1. The Morgan fingerprint density at radius 2 is 2.05 bits per heavy atom. The summed E-state index contributed by atoms with van der Waals surface area (Å²) in [6.07, 6.45) is 3.47. The first kappa shape index (κ1) is 14.1. The second-order valence-corrected chi connectivity index (χ2v) is 6.43. The van der Waals surface area contributed by atoms with Crippen molar-refractivity contribution in [3.05, 3.63) is 64.5 Å². The molecule has 1 saturated heterocycles. The quantitative estimate of drug-likeness (QED) is 0.633. The summed E-state index contributed by atoms with van der Waals surface area (Å²) in [5.41, 5.74) is 2.19. The third kappa shape index (κ3) is 3.09. The van der Waals surface area contributed by atoms with Crippen LogP contribution in [0.2, 0.25) is 0 Å². The van der Waals surface area contributed by atoms with Crippen LogP contribution < -0.4 is 0 Å². The van der Waals surface area contributed by atoms with Crippen molar-refractivity contribution in [1.82, 2.24) is 4.90 Å². The van der Waals surface area contributed by atoms with Crippen LogP contribution >= 0.6 is 24.0 Å². The number of furan rings is 1. The van der Waals surface area contributed by atoms with Crippen LogP contribution in [0.1, 0.15) is 16.9 Å². The molecule has 2 aromatic rings. The fourth-order valence-corrected chi connectivity index (χ4v) is 3.26. The summed E-state index contributed by atoms with van der Waals surface area (Å²) in [5.74, 6) is 0.657. The van der Waals surface area contributed by atoms with Crippen molar-refractivity contribution in [2.24, 2.45) is 0 Å². The number of aryl methyl sites for hydroxylation is 1. The van der Waals surface area contributed by atoms with Crippen LogP contribution in [0.5, 0.6) is 0 Å². The van der Waals surface area contributed by atoms with Gasteiger partial charge < -0.3 is 4.42 Å². The summed E-state index contributed by atoms with van der Waals surface area (Å²) in [4.78, 5) is 14.6. The predicted molar refractivity (Wildman–Crippen MR) is 88.6 cm³/mol. The maximum absolute atomic E-state index is 12.4. The van der Waals surface area contributed by atoms with Crippen LogP contribution in [0, 0.1) is 6.92 Å². The van der Waals surface area contributed by atoms with Crippen molar-refractivity contribution in [2.45, 2.75) is 13.5 Å². The van der Waals surface area contributed by atoms with Gasteiger partial charge in [0.1, 0.15) is 10.1 Å². The largest absolute Gasteiger partial charge is 0.467 e. The van der Waals surface area contributed by atoms with E-state index in [1.54, 1.807) is 17.2 Å². The molecule has 0 bridgehead atoms. The lowest BCUT2D eigenvalue weighted by Crippen LogP contribution is -2.27. The van der Waals surface area contributed by atoms with Crippen LogP contribution in [0.3, 0.4) is 0 Å². The first-order valence-corrected chi connectivity index (χ1v) is 7.70. The molecule has 3 rings (SSSR count). The smallest absolute Gasteiger partial charge is 0.266 e. The van der Waals surface area contributed by atoms with Crippen LogP contribution in [0.25, 0.3) is 6.08 Å². The van der Waals surface area contributed by atoms with Gasteiger partial charge >= 0.3 is 0 Å². The molecule has 0 aliphatic carbocycles. The minimum atomic E-state index is -0.0676. The summed E-state index contributed by atoms with van der Waals surface area (Å²) in [5, 5.41) is 0. The average Bonchev–Trinajstić information content (AvgIpc) is 3.06. The van der Waals surface area contributed by atoms with E-state index in [0.29, 0.717) is 15.8 Å². The molecular weight excluding hydrogens is 302 g/mol. The SMILES string of the molecule is Cc1ccc(/C=C2/SC(=S)N(Cc3ccco3)C2=O)cc1. The molecule has 0 saturated carbocycles. The van der Waals surface area contributed by atoms with E-state index in [1.165, 1.54) is 17.3 Å². The van der Waals surface area contributed by atoms with Gasteiger partial charge in [0, 0.05) is 0 Å². The third-order valence-electron chi connectivity index (χ3n) is 3.14. The van der Waals surface area contributed by atoms with Crippen molar-refractivity contribution in [1.29, 1.82) is 0 Å². The van der Waals surface area contributed by atoms with Crippen LogP contribution in [0.4, 0.5) is 0 Å². The average molecular weight is 315 g/mol. The second-order valence-electron chi connectivity index (χ2n) is 4.76. The van der Waals surface area contributed by atoms with E-state index in [0.717, 1.165) is 11.3 Å². The third-order valence-corrected chi connectivity index (χ3v) is 4.52. The number of benzene rings is 1. The Kier molecular flexibility index (Phi) is 3.94. The number of hydrogen-bond acceptors (Lipinski definition) is 4. The Balaban J connectivity index is 1.81. The molecule has 1 aromatic heterocycles. The van der Waals surface area contributed by atoms with Gasteiger partial charge in [-0.15, -0.1) is 0 Å². The van der Waals surface area contributed by atoms with Gasteiger partial charge in [0.05, 0.1) is 17.7 Å². The number of carbonyl (C=O) groups excluding carboxylic acids is 1. The zero-order valence-electron chi connectivity index (χ0n) is 11.4. The van der Waals surface area contributed by atoms with E-state index in [4.69, 9.17) is 16.6 Å². The number of rotatable bonds is 3. The molecule has 3 nitrogen and oxygen atoms in total. The van der Waals surface area contributed by atoms with E-state index in [1.807, 2.05) is 43.3 Å². The van der Waals surface area contributed by atoms with Gasteiger partial charge in [0.25, 0.3) is 5.91 Å². The summed E-state index contributed by atoms with van der Waals surface area (Å²) in [6, 6.07) is 11.7. The maximum atomic E-state index is 12.4. The van der Waals surface area contributed by atoms with Gasteiger partial charge in [-0.05, 0) is 30.7 Å². The van der Waals surface area contributed by atoms with E-state index in [2.05, 4.69) is 0 Å². The molecular formula is C16H13NO2S2. The Hall–Kier alpha value is -1.85.